The highest BCUT2D eigenvalue weighted by molar-refractivity contribution is 5.97. The third-order valence-corrected chi connectivity index (χ3v) is 4.63. The third kappa shape index (κ3) is 4.48. The molecule has 6 heteroatoms. The molecule has 150 valence electrons. The maximum absolute atomic E-state index is 12.5. The van der Waals surface area contributed by atoms with Crippen molar-refractivity contribution in [2.75, 3.05) is 20.8 Å². The summed E-state index contributed by atoms with van der Waals surface area (Å²) in [7, 11) is 2.90. The molecule has 0 aliphatic rings. The predicted octanol–water partition coefficient (Wildman–Crippen LogP) is 3.89. The van der Waals surface area contributed by atoms with E-state index in [9.17, 15) is 9.59 Å². The van der Waals surface area contributed by atoms with Gasteiger partial charge in [0, 0.05) is 0 Å². The van der Waals surface area contributed by atoms with Crippen LogP contribution in [-0.4, -0.2) is 32.7 Å². The van der Waals surface area contributed by atoms with E-state index >= 15 is 0 Å². The lowest BCUT2D eigenvalue weighted by Crippen LogP contribution is -2.31. The van der Waals surface area contributed by atoms with E-state index in [0.29, 0.717) is 11.5 Å². The number of rotatable bonds is 7. The fourth-order valence-corrected chi connectivity index (χ4v) is 3.24. The van der Waals surface area contributed by atoms with E-state index in [2.05, 4.69) is 5.32 Å². The van der Waals surface area contributed by atoms with Gasteiger partial charge in [-0.05, 0) is 35.4 Å². The van der Waals surface area contributed by atoms with Crippen molar-refractivity contribution in [3.63, 3.8) is 0 Å². The summed E-state index contributed by atoms with van der Waals surface area (Å²) in [4.78, 5) is 24.8. The van der Waals surface area contributed by atoms with Crippen LogP contribution in [0.2, 0.25) is 0 Å². The Morgan fingerprint density at radius 2 is 1.52 bits per heavy atom. The average molecular weight is 393 g/mol. The molecule has 0 heterocycles. The number of amides is 1. The highest BCUT2D eigenvalue weighted by Gasteiger charge is 2.21. The Morgan fingerprint density at radius 3 is 2.21 bits per heavy atom. The molecule has 0 fully saturated rings. The number of nitrogens with one attached hydrogen (secondary N) is 1. The van der Waals surface area contributed by atoms with Crippen LogP contribution in [0, 0.1) is 0 Å². The van der Waals surface area contributed by atoms with Gasteiger partial charge < -0.3 is 19.5 Å². The summed E-state index contributed by atoms with van der Waals surface area (Å²) in [6, 6.07) is 18.6. The zero-order chi connectivity index (χ0) is 20.8. The van der Waals surface area contributed by atoms with Gasteiger partial charge in [0.05, 0.1) is 20.3 Å². The summed E-state index contributed by atoms with van der Waals surface area (Å²) in [5.41, 5.74) is 1.14. The Kier molecular flexibility index (Phi) is 6.34. The number of carbonyl (C=O) groups excluding carboxylic acids is 2. The van der Waals surface area contributed by atoms with E-state index in [0.717, 1.165) is 16.3 Å². The molecule has 3 aromatic rings. The van der Waals surface area contributed by atoms with Gasteiger partial charge in [-0.25, -0.2) is 4.79 Å². The number of fused-ring (bicyclic) bond motifs is 1. The molecule has 0 bridgehead atoms. The second kappa shape index (κ2) is 9.10. The van der Waals surface area contributed by atoms with E-state index in [4.69, 9.17) is 14.2 Å². The molecule has 1 N–H and O–H groups in total. The minimum absolute atomic E-state index is 0.146. The number of ether oxygens (including phenoxy) is 3. The van der Waals surface area contributed by atoms with E-state index in [-0.39, 0.29) is 11.6 Å². The van der Waals surface area contributed by atoms with Crippen LogP contribution in [0.3, 0.4) is 0 Å². The van der Waals surface area contributed by atoms with Gasteiger partial charge in [0.25, 0.3) is 5.91 Å². The topological polar surface area (TPSA) is 73.9 Å². The molecule has 29 heavy (non-hydrogen) atoms. The highest BCUT2D eigenvalue weighted by Crippen LogP contribution is 2.29. The van der Waals surface area contributed by atoms with Crippen molar-refractivity contribution in [1.82, 2.24) is 5.32 Å². The molecule has 0 unspecified atom stereocenters. The Labute approximate surface area is 169 Å². The van der Waals surface area contributed by atoms with E-state index in [1.165, 1.54) is 14.2 Å². The molecule has 3 rings (SSSR count). The zero-order valence-corrected chi connectivity index (χ0v) is 16.6. The third-order valence-electron chi connectivity index (χ3n) is 4.63. The van der Waals surface area contributed by atoms with E-state index in [1.807, 2.05) is 49.4 Å². The first-order chi connectivity index (χ1) is 14.0. The van der Waals surface area contributed by atoms with Crippen LogP contribution in [0.1, 0.15) is 28.9 Å². The summed E-state index contributed by atoms with van der Waals surface area (Å²) in [6.45, 7) is 1.49. The standard InChI is InChI=1S/C23H23NO5/c1-15(17-11-6-9-16-8-4-5-10-18(16)17)24-21(25)14-29-23(26)22-19(27-2)12-7-13-20(22)28-3/h4-13,15H,14H2,1-3H3,(H,24,25)/t15-/m1/s1. The first kappa shape index (κ1) is 20.2. The van der Waals surface area contributed by atoms with Crippen LogP contribution >= 0.6 is 0 Å². The van der Waals surface area contributed by atoms with Gasteiger partial charge in [-0.3, -0.25) is 4.79 Å². The number of methoxy groups -OCH3 is 2. The normalized spacial score (nSPS) is 11.6. The highest BCUT2D eigenvalue weighted by atomic mass is 16.5. The summed E-state index contributed by atoms with van der Waals surface area (Å²) >= 11 is 0. The monoisotopic (exact) mass is 393 g/mol. The van der Waals surface area contributed by atoms with Crippen molar-refractivity contribution < 1.29 is 23.8 Å². The summed E-state index contributed by atoms with van der Waals surface area (Å²) in [5.74, 6) is -0.447. The van der Waals surface area contributed by atoms with Gasteiger partial charge in [0.1, 0.15) is 17.1 Å². The molecule has 0 aliphatic carbocycles. The van der Waals surface area contributed by atoms with Gasteiger partial charge in [-0.2, -0.15) is 0 Å². The van der Waals surface area contributed by atoms with E-state index < -0.39 is 18.5 Å². The van der Waals surface area contributed by atoms with Crippen molar-refractivity contribution in [2.45, 2.75) is 13.0 Å². The second-order valence-corrected chi connectivity index (χ2v) is 6.47. The maximum Gasteiger partial charge on any atom is 0.346 e. The van der Waals surface area contributed by atoms with Crippen molar-refractivity contribution in [1.29, 1.82) is 0 Å². The summed E-state index contributed by atoms with van der Waals surface area (Å²) in [6.07, 6.45) is 0. The second-order valence-electron chi connectivity index (χ2n) is 6.47. The molecule has 0 aliphatic heterocycles. The lowest BCUT2D eigenvalue weighted by atomic mass is 10.00. The molecule has 0 aromatic heterocycles. The van der Waals surface area contributed by atoms with Crippen molar-refractivity contribution >= 4 is 22.6 Å². The molecule has 0 spiro atoms. The first-order valence-corrected chi connectivity index (χ1v) is 9.20. The number of hydrogen-bond acceptors (Lipinski definition) is 5. The van der Waals surface area contributed by atoms with Gasteiger partial charge in [0.2, 0.25) is 0 Å². The van der Waals surface area contributed by atoms with Crippen LogP contribution in [0.25, 0.3) is 10.8 Å². The molecule has 1 amide bonds. The van der Waals surface area contributed by atoms with Crippen LogP contribution in [0.5, 0.6) is 11.5 Å². The lowest BCUT2D eigenvalue weighted by Gasteiger charge is -2.17. The Bertz CT molecular complexity index is 1000. The molecule has 6 nitrogen and oxygen atoms in total. The number of esters is 1. The Morgan fingerprint density at radius 1 is 0.897 bits per heavy atom. The van der Waals surface area contributed by atoms with Crippen LogP contribution in [0.4, 0.5) is 0 Å². The molecule has 3 aromatic carbocycles. The minimum atomic E-state index is -0.688. The fraction of sp³-hybridized carbons (Fsp3) is 0.217. The summed E-state index contributed by atoms with van der Waals surface area (Å²) < 4.78 is 15.6. The average Bonchev–Trinajstić information content (AvgIpc) is 2.76. The van der Waals surface area contributed by atoms with Gasteiger partial charge in [-0.1, -0.05) is 48.5 Å². The SMILES string of the molecule is COc1cccc(OC)c1C(=O)OCC(=O)N[C@H](C)c1cccc2ccccc12. The zero-order valence-electron chi connectivity index (χ0n) is 16.6. The summed E-state index contributed by atoms with van der Waals surface area (Å²) in [5, 5.41) is 5.04. The van der Waals surface area contributed by atoms with Crippen LogP contribution in [-0.2, 0) is 9.53 Å². The molecule has 0 radical (unpaired) electrons. The minimum Gasteiger partial charge on any atom is -0.496 e. The Balaban J connectivity index is 1.66. The van der Waals surface area contributed by atoms with E-state index in [1.54, 1.807) is 18.2 Å². The predicted molar refractivity (Wildman–Crippen MR) is 110 cm³/mol. The van der Waals surface area contributed by atoms with Gasteiger partial charge in [0.15, 0.2) is 6.61 Å². The van der Waals surface area contributed by atoms with Crippen molar-refractivity contribution in [2.24, 2.45) is 0 Å². The number of benzene rings is 3. The van der Waals surface area contributed by atoms with Crippen LogP contribution in [0.15, 0.2) is 60.7 Å². The smallest absolute Gasteiger partial charge is 0.346 e. The lowest BCUT2D eigenvalue weighted by molar-refractivity contribution is -0.124. The van der Waals surface area contributed by atoms with Gasteiger partial charge in [-0.15, -0.1) is 0 Å². The first-order valence-electron chi connectivity index (χ1n) is 9.20. The maximum atomic E-state index is 12.5. The van der Waals surface area contributed by atoms with Crippen molar-refractivity contribution in [3.05, 3.63) is 71.8 Å². The molecule has 0 saturated heterocycles. The Hall–Kier alpha value is -3.54. The largest absolute Gasteiger partial charge is 0.496 e. The molecule has 1 atom stereocenters. The van der Waals surface area contributed by atoms with Gasteiger partial charge >= 0.3 is 5.97 Å². The quantitative estimate of drug-likeness (QED) is 0.617. The number of carbonyl (C=O) groups is 2. The number of hydrogen-bond donors (Lipinski definition) is 1. The fourth-order valence-electron chi connectivity index (χ4n) is 3.24. The molecular formula is C23H23NO5. The van der Waals surface area contributed by atoms with Crippen molar-refractivity contribution in [3.8, 4) is 11.5 Å². The molecule has 0 saturated carbocycles. The molecular weight excluding hydrogens is 370 g/mol. The van der Waals surface area contributed by atoms with Crippen LogP contribution < -0.4 is 14.8 Å².